The largest absolute Gasteiger partial charge is 0.493 e. The summed E-state index contributed by atoms with van der Waals surface area (Å²) in [4.78, 5) is 19.2. The highest BCUT2D eigenvalue weighted by atomic mass is 16.6. The van der Waals surface area contributed by atoms with Crippen LogP contribution in [0.2, 0.25) is 0 Å². The van der Waals surface area contributed by atoms with Gasteiger partial charge in [-0.15, -0.1) is 0 Å². The van der Waals surface area contributed by atoms with Crippen LogP contribution in [0.3, 0.4) is 0 Å². The molecule has 1 heterocycles. The molecule has 0 spiro atoms. The van der Waals surface area contributed by atoms with Crippen molar-refractivity contribution in [2.24, 2.45) is 0 Å². The Hall–Kier alpha value is -2.73. The first-order chi connectivity index (χ1) is 10.1. The molecular formula is C15H17N3O3. The van der Waals surface area contributed by atoms with Crippen molar-refractivity contribution >= 4 is 5.70 Å². The molecule has 110 valence electrons. The average Bonchev–Trinajstić information content (AvgIpc) is 2.83. The summed E-state index contributed by atoms with van der Waals surface area (Å²) in [6.07, 6.45) is 5.00. The van der Waals surface area contributed by atoms with Crippen molar-refractivity contribution in [2.75, 3.05) is 6.61 Å². The monoisotopic (exact) mass is 287 g/mol. The molecule has 0 aliphatic heterocycles. The molecule has 6 nitrogen and oxygen atoms in total. The Balaban J connectivity index is 2.09. The third kappa shape index (κ3) is 3.43. The zero-order chi connectivity index (χ0) is 15.2. The average molecular weight is 287 g/mol. The van der Waals surface area contributed by atoms with E-state index >= 15 is 0 Å². The molecule has 2 aromatic rings. The number of aromatic amines is 1. The summed E-state index contributed by atoms with van der Waals surface area (Å²) >= 11 is 0. The Bertz CT molecular complexity index is 696. The zero-order valence-corrected chi connectivity index (χ0v) is 11.7. The number of nitrogens with zero attached hydrogens (tertiary/aromatic N) is 1. The molecule has 0 fully saturated rings. The van der Waals surface area contributed by atoms with Crippen LogP contribution in [0.1, 0.15) is 12.5 Å². The number of aromatic nitrogens is 2. The van der Waals surface area contributed by atoms with Crippen molar-refractivity contribution in [2.45, 2.75) is 6.92 Å². The highest BCUT2D eigenvalue weighted by Gasteiger charge is 2.07. The smallest absolute Gasteiger partial charge is 0.333 e. The molecule has 6 heteroatoms. The molecule has 0 atom stereocenters. The minimum absolute atomic E-state index is 0.139. The molecule has 1 aromatic carbocycles. The third-order valence-electron chi connectivity index (χ3n) is 2.84. The number of hydrogen-bond donors (Lipinski definition) is 3. The van der Waals surface area contributed by atoms with E-state index in [1.165, 1.54) is 10.8 Å². The molecule has 0 saturated carbocycles. The second-order valence-corrected chi connectivity index (χ2v) is 4.29. The lowest BCUT2D eigenvalue weighted by atomic mass is 10.1. The third-order valence-corrected chi connectivity index (χ3v) is 2.84. The molecule has 1 aromatic heterocycles. The first kappa shape index (κ1) is 14.7. The summed E-state index contributed by atoms with van der Waals surface area (Å²) in [5, 5.41) is 9.61. The van der Waals surface area contributed by atoms with Crippen LogP contribution in [0.5, 0.6) is 5.88 Å². The van der Waals surface area contributed by atoms with Crippen LogP contribution in [-0.2, 0) is 4.84 Å². The van der Waals surface area contributed by atoms with Gasteiger partial charge in [0.25, 0.3) is 0 Å². The van der Waals surface area contributed by atoms with Crippen LogP contribution in [0.15, 0.2) is 54.0 Å². The second-order valence-electron chi connectivity index (χ2n) is 4.29. The van der Waals surface area contributed by atoms with Gasteiger partial charge in [-0.2, -0.15) is 0 Å². The topological polar surface area (TPSA) is 79.3 Å². The van der Waals surface area contributed by atoms with E-state index in [0.717, 1.165) is 5.56 Å². The fraction of sp³-hybridized carbons (Fsp3) is 0.133. The lowest BCUT2D eigenvalue weighted by Crippen LogP contribution is -2.15. The van der Waals surface area contributed by atoms with Gasteiger partial charge in [0.2, 0.25) is 5.88 Å². The molecule has 2 rings (SSSR count). The quantitative estimate of drug-likeness (QED) is 0.431. The first-order valence-electron chi connectivity index (χ1n) is 6.41. The van der Waals surface area contributed by atoms with Crippen LogP contribution >= 0.6 is 0 Å². The van der Waals surface area contributed by atoms with Crippen molar-refractivity contribution in [3.05, 3.63) is 65.2 Å². The Morgan fingerprint density at radius 3 is 2.76 bits per heavy atom. The molecule has 0 unspecified atom stereocenters. The standard InChI is InChI=1S/C15H17N3O3/c1-3-4-9-21-17-11(2)12-5-7-13(8-6-12)18-14(19)10-16-15(18)20/h3-8,10,17,19H,2,9H2,1H3,(H,16,20). The van der Waals surface area contributed by atoms with Gasteiger partial charge < -0.3 is 10.1 Å². The summed E-state index contributed by atoms with van der Waals surface area (Å²) < 4.78 is 1.17. The Morgan fingerprint density at radius 2 is 2.19 bits per heavy atom. The van der Waals surface area contributed by atoms with Gasteiger partial charge in [0.1, 0.15) is 0 Å². The summed E-state index contributed by atoms with van der Waals surface area (Å²) in [6.45, 7) is 6.22. The Kier molecular flexibility index (Phi) is 4.63. The highest BCUT2D eigenvalue weighted by Crippen LogP contribution is 2.16. The summed E-state index contributed by atoms with van der Waals surface area (Å²) in [5.74, 6) is -0.139. The molecular weight excluding hydrogens is 270 g/mol. The van der Waals surface area contributed by atoms with Crippen molar-refractivity contribution in [1.29, 1.82) is 0 Å². The van der Waals surface area contributed by atoms with Gasteiger partial charge in [-0.05, 0) is 24.6 Å². The van der Waals surface area contributed by atoms with Gasteiger partial charge >= 0.3 is 5.69 Å². The van der Waals surface area contributed by atoms with Gasteiger partial charge in [-0.3, -0.25) is 10.3 Å². The van der Waals surface area contributed by atoms with E-state index in [9.17, 15) is 9.90 Å². The zero-order valence-electron chi connectivity index (χ0n) is 11.7. The lowest BCUT2D eigenvalue weighted by Gasteiger charge is -2.09. The van der Waals surface area contributed by atoms with Gasteiger partial charge in [-0.25, -0.2) is 9.36 Å². The minimum atomic E-state index is -0.396. The lowest BCUT2D eigenvalue weighted by molar-refractivity contribution is 0.103. The van der Waals surface area contributed by atoms with Gasteiger partial charge in [-0.1, -0.05) is 30.9 Å². The SMILES string of the molecule is C=C(NOCC=CC)c1ccc(-n2c(O)c[nH]c2=O)cc1. The molecule has 0 amide bonds. The Morgan fingerprint density at radius 1 is 1.48 bits per heavy atom. The summed E-state index contributed by atoms with van der Waals surface area (Å²) in [6, 6.07) is 6.98. The maximum atomic E-state index is 11.6. The van der Waals surface area contributed by atoms with E-state index in [4.69, 9.17) is 4.84 Å². The Labute approximate surface area is 122 Å². The van der Waals surface area contributed by atoms with E-state index < -0.39 is 5.69 Å². The second kappa shape index (κ2) is 6.62. The minimum Gasteiger partial charge on any atom is -0.493 e. The van der Waals surface area contributed by atoms with Crippen molar-refractivity contribution in [3.63, 3.8) is 0 Å². The molecule has 0 saturated heterocycles. The summed E-state index contributed by atoms with van der Waals surface area (Å²) in [7, 11) is 0. The molecule has 0 bridgehead atoms. The van der Waals surface area contributed by atoms with Crippen LogP contribution in [0.25, 0.3) is 11.4 Å². The van der Waals surface area contributed by atoms with E-state index in [1.54, 1.807) is 24.3 Å². The van der Waals surface area contributed by atoms with E-state index in [2.05, 4.69) is 17.0 Å². The normalized spacial score (nSPS) is 10.9. The van der Waals surface area contributed by atoms with Gasteiger partial charge in [0.05, 0.1) is 24.2 Å². The highest BCUT2D eigenvalue weighted by molar-refractivity contribution is 5.62. The van der Waals surface area contributed by atoms with Crippen LogP contribution in [0.4, 0.5) is 0 Å². The van der Waals surface area contributed by atoms with Crippen LogP contribution in [0, 0.1) is 0 Å². The number of H-pyrrole nitrogens is 1. The van der Waals surface area contributed by atoms with Crippen LogP contribution < -0.4 is 11.2 Å². The number of hydroxylamine groups is 1. The van der Waals surface area contributed by atoms with Crippen molar-refractivity contribution in [3.8, 4) is 11.6 Å². The number of benzene rings is 1. The summed E-state index contributed by atoms with van der Waals surface area (Å²) in [5.41, 5.74) is 4.33. The van der Waals surface area contributed by atoms with Crippen molar-refractivity contribution in [1.82, 2.24) is 15.0 Å². The molecule has 3 N–H and O–H groups in total. The van der Waals surface area contributed by atoms with Crippen LogP contribution in [-0.4, -0.2) is 21.3 Å². The molecule has 21 heavy (non-hydrogen) atoms. The van der Waals surface area contributed by atoms with E-state index in [1.807, 2.05) is 19.1 Å². The van der Waals surface area contributed by atoms with Crippen molar-refractivity contribution < 1.29 is 9.94 Å². The fourth-order valence-electron chi connectivity index (χ4n) is 1.75. The van der Waals surface area contributed by atoms with E-state index in [-0.39, 0.29) is 5.88 Å². The predicted molar refractivity (Wildman–Crippen MR) is 81.0 cm³/mol. The number of allylic oxidation sites excluding steroid dienone is 1. The predicted octanol–water partition coefficient (Wildman–Crippen LogP) is 1.94. The first-order valence-corrected chi connectivity index (χ1v) is 6.41. The molecule has 0 aliphatic rings. The van der Waals surface area contributed by atoms with Gasteiger partial charge in [0, 0.05) is 0 Å². The van der Waals surface area contributed by atoms with Gasteiger partial charge in [0.15, 0.2) is 0 Å². The number of imidazole rings is 1. The maximum absolute atomic E-state index is 11.6. The fourth-order valence-corrected chi connectivity index (χ4v) is 1.75. The maximum Gasteiger partial charge on any atom is 0.333 e. The number of rotatable bonds is 6. The van der Waals surface area contributed by atoms with E-state index in [0.29, 0.717) is 18.0 Å². The molecule has 0 radical (unpaired) electrons. The number of nitrogens with one attached hydrogen (secondary N) is 2. The number of hydrogen-bond acceptors (Lipinski definition) is 4. The molecule has 0 aliphatic carbocycles. The number of aromatic hydroxyl groups is 1.